The Hall–Kier alpha value is -1.64. The summed E-state index contributed by atoms with van der Waals surface area (Å²) in [5, 5.41) is 7.27. The first kappa shape index (κ1) is 31.6. The zero-order valence-electron chi connectivity index (χ0n) is 24.8. The second-order valence-electron chi connectivity index (χ2n) is 11.3. The minimum absolute atomic E-state index is 0.232. The average Bonchev–Trinajstić information content (AvgIpc) is 2.86. The number of nitrogens with one attached hydrogen (secondary N) is 2. The van der Waals surface area contributed by atoms with Crippen molar-refractivity contribution in [2.75, 3.05) is 46.4 Å². The van der Waals surface area contributed by atoms with Gasteiger partial charge in [0, 0.05) is 60.7 Å². The molecule has 37 heavy (non-hydrogen) atoms. The van der Waals surface area contributed by atoms with Crippen molar-refractivity contribution in [3.05, 3.63) is 34.7 Å². The summed E-state index contributed by atoms with van der Waals surface area (Å²) >= 11 is 1.91. The SMILES string of the molecule is C=CN/C(=C(/C)C(C)[C@H](CC)[C@@H](C)SC1=C(NC)CCN(C(=O)OC(C)(C)C)C1)C(C)N1CCOCC1. The molecule has 1 fully saturated rings. The molecule has 2 aliphatic heterocycles. The van der Waals surface area contributed by atoms with Crippen molar-refractivity contribution in [3.63, 3.8) is 0 Å². The van der Waals surface area contributed by atoms with E-state index in [2.05, 4.69) is 56.7 Å². The van der Waals surface area contributed by atoms with E-state index in [1.807, 2.05) is 44.5 Å². The zero-order chi connectivity index (χ0) is 27.8. The Kier molecular flexibility index (Phi) is 12.4. The van der Waals surface area contributed by atoms with Gasteiger partial charge in [0.05, 0.1) is 19.8 Å². The van der Waals surface area contributed by atoms with Gasteiger partial charge in [0.1, 0.15) is 5.60 Å². The molecular formula is C29H52N4O3S. The monoisotopic (exact) mass is 536 g/mol. The number of carbonyl (C=O) groups excluding carboxylic acids is 1. The van der Waals surface area contributed by atoms with Crippen LogP contribution >= 0.6 is 11.8 Å². The summed E-state index contributed by atoms with van der Waals surface area (Å²) in [5.41, 5.74) is 3.39. The average molecular weight is 537 g/mol. The maximum absolute atomic E-state index is 12.8. The highest BCUT2D eigenvalue weighted by molar-refractivity contribution is 8.03. The van der Waals surface area contributed by atoms with E-state index >= 15 is 0 Å². The van der Waals surface area contributed by atoms with Crippen LogP contribution in [-0.4, -0.2) is 79.2 Å². The van der Waals surface area contributed by atoms with E-state index in [4.69, 9.17) is 9.47 Å². The first-order chi connectivity index (χ1) is 17.4. The molecule has 0 aromatic rings. The molecule has 0 saturated carbocycles. The molecule has 212 valence electrons. The van der Waals surface area contributed by atoms with E-state index in [1.54, 1.807) is 6.20 Å². The highest BCUT2D eigenvalue weighted by atomic mass is 32.2. The molecule has 2 aliphatic rings. The molecule has 0 radical (unpaired) electrons. The third-order valence-corrected chi connectivity index (χ3v) is 9.06. The molecular weight excluding hydrogens is 484 g/mol. The predicted octanol–water partition coefficient (Wildman–Crippen LogP) is 5.57. The van der Waals surface area contributed by atoms with Crippen LogP contribution in [0.25, 0.3) is 0 Å². The number of amides is 1. The number of nitrogens with zero attached hydrogens (tertiary/aromatic N) is 2. The van der Waals surface area contributed by atoms with Crippen LogP contribution in [0.3, 0.4) is 0 Å². The Balaban J connectivity index is 2.21. The predicted molar refractivity (Wildman–Crippen MR) is 156 cm³/mol. The van der Waals surface area contributed by atoms with Crippen LogP contribution in [0.2, 0.25) is 0 Å². The molecule has 2 N–H and O–H groups in total. The van der Waals surface area contributed by atoms with Gasteiger partial charge in [-0.2, -0.15) is 0 Å². The molecule has 2 unspecified atom stereocenters. The Bertz CT molecular complexity index is 829. The Morgan fingerprint density at radius 1 is 1.22 bits per heavy atom. The lowest BCUT2D eigenvalue weighted by molar-refractivity contribution is 0.0256. The highest BCUT2D eigenvalue weighted by Gasteiger charge is 2.32. The number of allylic oxidation sites excluding steroid dienone is 1. The summed E-state index contributed by atoms with van der Waals surface area (Å²) in [5.74, 6) is 0.869. The number of rotatable bonds is 11. The van der Waals surface area contributed by atoms with Crippen LogP contribution in [0.15, 0.2) is 34.7 Å². The van der Waals surface area contributed by atoms with Gasteiger partial charge in [0.2, 0.25) is 0 Å². The third-order valence-electron chi connectivity index (χ3n) is 7.68. The van der Waals surface area contributed by atoms with Crippen LogP contribution in [-0.2, 0) is 9.47 Å². The molecule has 0 spiro atoms. The van der Waals surface area contributed by atoms with Gasteiger partial charge in [0.15, 0.2) is 0 Å². The molecule has 2 rings (SSSR count). The van der Waals surface area contributed by atoms with Crippen molar-refractivity contribution < 1.29 is 14.3 Å². The molecule has 0 aliphatic carbocycles. The van der Waals surface area contributed by atoms with E-state index in [0.717, 1.165) is 39.1 Å². The van der Waals surface area contributed by atoms with Crippen LogP contribution < -0.4 is 10.6 Å². The summed E-state index contributed by atoms with van der Waals surface area (Å²) < 4.78 is 11.2. The van der Waals surface area contributed by atoms with E-state index < -0.39 is 5.60 Å². The smallest absolute Gasteiger partial charge is 0.410 e. The summed E-state index contributed by atoms with van der Waals surface area (Å²) in [4.78, 5) is 18.3. The minimum Gasteiger partial charge on any atom is -0.444 e. The van der Waals surface area contributed by atoms with Gasteiger partial charge in [-0.3, -0.25) is 4.90 Å². The van der Waals surface area contributed by atoms with Crippen molar-refractivity contribution >= 4 is 17.9 Å². The topological polar surface area (TPSA) is 66.1 Å². The normalized spacial score (nSPS) is 21.5. The van der Waals surface area contributed by atoms with Crippen LogP contribution in [0.1, 0.15) is 68.2 Å². The van der Waals surface area contributed by atoms with E-state index in [9.17, 15) is 4.79 Å². The summed E-state index contributed by atoms with van der Waals surface area (Å²) in [7, 11) is 1.98. The molecule has 4 atom stereocenters. The lowest BCUT2D eigenvalue weighted by Gasteiger charge is -2.37. The largest absolute Gasteiger partial charge is 0.444 e. The molecule has 2 heterocycles. The van der Waals surface area contributed by atoms with Crippen molar-refractivity contribution in [2.24, 2.45) is 11.8 Å². The summed E-state index contributed by atoms with van der Waals surface area (Å²) in [6.07, 6.45) is 3.47. The first-order valence-corrected chi connectivity index (χ1v) is 14.8. The second kappa shape index (κ2) is 14.5. The molecule has 1 saturated heterocycles. The van der Waals surface area contributed by atoms with Crippen LogP contribution in [0, 0.1) is 11.8 Å². The van der Waals surface area contributed by atoms with E-state index in [0.29, 0.717) is 30.2 Å². The number of thioether (sulfide) groups is 1. The maximum Gasteiger partial charge on any atom is 0.410 e. The zero-order valence-corrected chi connectivity index (χ0v) is 25.6. The second-order valence-corrected chi connectivity index (χ2v) is 12.7. The van der Waals surface area contributed by atoms with Crippen LogP contribution in [0.5, 0.6) is 0 Å². The molecule has 0 aromatic carbocycles. The fourth-order valence-electron chi connectivity index (χ4n) is 5.38. The molecule has 8 heteroatoms. The number of carbonyl (C=O) groups is 1. The van der Waals surface area contributed by atoms with Crippen molar-refractivity contribution in [1.29, 1.82) is 0 Å². The number of hydrogen-bond donors (Lipinski definition) is 2. The van der Waals surface area contributed by atoms with Crippen molar-refractivity contribution in [1.82, 2.24) is 20.4 Å². The van der Waals surface area contributed by atoms with E-state index in [1.165, 1.54) is 21.9 Å². The maximum atomic E-state index is 12.8. The Morgan fingerprint density at radius 2 is 1.86 bits per heavy atom. The van der Waals surface area contributed by atoms with Gasteiger partial charge in [0.25, 0.3) is 0 Å². The quantitative estimate of drug-likeness (QED) is 0.358. The lowest BCUT2D eigenvalue weighted by Crippen LogP contribution is -2.45. The first-order valence-electron chi connectivity index (χ1n) is 13.9. The molecule has 7 nitrogen and oxygen atoms in total. The fourth-order valence-corrected chi connectivity index (χ4v) is 7.01. The standard InChI is InChI=1S/C29H52N4O3S/c1-11-24(20(3)21(4)27(31-12-2)22(5)32-15-17-35-18-16-32)23(6)37-26-19-33(14-13-25(26)30-10)28(34)36-29(7,8)9/h12,20,22-24,30-31H,2,11,13-19H2,1,3-10H3/b27-21-/t20?,22?,23-,24+/m1/s1. The fraction of sp³-hybridized carbons (Fsp3) is 0.759. The van der Waals surface area contributed by atoms with Gasteiger partial charge in [-0.15, -0.1) is 11.8 Å². The van der Waals surface area contributed by atoms with Gasteiger partial charge in [-0.1, -0.05) is 33.8 Å². The number of morpholine rings is 1. The van der Waals surface area contributed by atoms with Crippen molar-refractivity contribution in [2.45, 2.75) is 85.1 Å². The Labute approximate surface area is 230 Å². The minimum atomic E-state index is -0.493. The van der Waals surface area contributed by atoms with Crippen molar-refractivity contribution in [3.8, 4) is 0 Å². The van der Waals surface area contributed by atoms with Gasteiger partial charge in [-0.25, -0.2) is 4.79 Å². The number of ether oxygens (including phenoxy) is 2. The van der Waals surface area contributed by atoms with Crippen LogP contribution in [0.4, 0.5) is 4.79 Å². The summed E-state index contributed by atoms with van der Waals surface area (Å²) in [6, 6.07) is 0.282. The third kappa shape index (κ3) is 8.96. The lowest BCUT2D eigenvalue weighted by atomic mass is 9.82. The Morgan fingerprint density at radius 3 is 2.41 bits per heavy atom. The van der Waals surface area contributed by atoms with Gasteiger partial charge < -0.3 is 25.0 Å². The van der Waals surface area contributed by atoms with E-state index in [-0.39, 0.29) is 12.1 Å². The molecule has 0 aromatic heterocycles. The number of hydrogen-bond acceptors (Lipinski definition) is 7. The molecule has 1 amide bonds. The molecule has 0 bridgehead atoms. The van der Waals surface area contributed by atoms with Gasteiger partial charge >= 0.3 is 6.09 Å². The summed E-state index contributed by atoms with van der Waals surface area (Å²) in [6.45, 7) is 26.0. The highest BCUT2D eigenvalue weighted by Crippen LogP contribution is 2.39. The van der Waals surface area contributed by atoms with Gasteiger partial charge in [-0.05, 0) is 58.2 Å².